The summed E-state index contributed by atoms with van der Waals surface area (Å²) in [5.74, 6) is 0. The number of rotatable bonds is 4. The second kappa shape index (κ2) is 7.40. The van der Waals surface area contributed by atoms with Crippen LogP contribution in [0.15, 0.2) is 24.3 Å². The van der Waals surface area contributed by atoms with Crippen molar-refractivity contribution < 1.29 is 4.74 Å². The largest absolute Gasteiger partial charge is 0.383 e. The maximum atomic E-state index is 5.46. The second-order valence-electron chi connectivity index (χ2n) is 6.08. The van der Waals surface area contributed by atoms with Gasteiger partial charge in [-0.25, -0.2) is 0 Å². The van der Waals surface area contributed by atoms with Crippen molar-refractivity contribution in [2.45, 2.75) is 18.9 Å². The van der Waals surface area contributed by atoms with E-state index in [0.717, 1.165) is 37.8 Å². The van der Waals surface area contributed by atoms with Gasteiger partial charge < -0.3 is 15.0 Å². The van der Waals surface area contributed by atoms with Crippen LogP contribution >= 0.6 is 12.2 Å². The molecule has 0 atom stereocenters. The Morgan fingerprint density at radius 1 is 1.18 bits per heavy atom. The fourth-order valence-corrected chi connectivity index (χ4v) is 3.74. The summed E-state index contributed by atoms with van der Waals surface area (Å²) in [7, 11) is 1.71. The summed E-state index contributed by atoms with van der Waals surface area (Å²) in [4.78, 5) is 4.91. The molecule has 5 heteroatoms. The number of fused-ring (bicyclic) bond motifs is 1. The van der Waals surface area contributed by atoms with Crippen molar-refractivity contribution in [1.29, 1.82) is 0 Å². The Labute approximate surface area is 138 Å². The summed E-state index contributed by atoms with van der Waals surface area (Å²) in [6.07, 6.45) is 2.40. The molecule has 0 aromatic heterocycles. The van der Waals surface area contributed by atoms with E-state index in [1.54, 1.807) is 7.11 Å². The summed E-state index contributed by atoms with van der Waals surface area (Å²) in [6, 6.07) is 9.54. The topological polar surface area (TPSA) is 27.7 Å². The number of methoxy groups -OCH3 is 1. The SMILES string of the molecule is COCCNC(=S)N1CCN(C2Cc3ccccc3C2)CC1. The molecule has 0 unspecified atom stereocenters. The lowest BCUT2D eigenvalue weighted by Crippen LogP contribution is -2.54. The molecular formula is C17H25N3OS. The maximum Gasteiger partial charge on any atom is 0.169 e. The third-order valence-corrected chi connectivity index (χ3v) is 5.13. The van der Waals surface area contributed by atoms with Crippen LogP contribution in [-0.4, -0.2) is 67.4 Å². The Balaban J connectivity index is 1.46. The van der Waals surface area contributed by atoms with Crippen LogP contribution in [-0.2, 0) is 17.6 Å². The first-order valence-corrected chi connectivity index (χ1v) is 8.51. The first kappa shape index (κ1) is 15.7. The highest BCUT2D eigenvalue weighted by Crippen LogP contribution is 2.26. The molecule has 1 fully saturated rings. The molecule has 1 saturated heterocycles. The van der Waals surface area contributed by atoms with Gasteiger partial charge in [-0.05, 0) is 36.2 Å². The molecule has 0 spiro atoms. The number of nitrogens with one attached hydrogen (secondary N) is 1. The van der Waals surface area contributed by atoms with E-state index in [1.807, 2.05) is 0 Å². The minimum absolute atomic E-state index is 0.676. The quantitative estimate of drug-likeness (QED) is 0.667. The van der Waals surface area contributed by atoms with E-state index in [1.165, 1.54) is 24.0 Å². The number of hydrogen-bond donors (Lipinski definition) is 1. The summed E-state index contributed by atoms with van der Waals surface area (Å²) in [5.41, 5.74) is 3.07. The van der Waals surface area contributed by atoms with Crippen molar-refractivity contribution in [2.24, 2.45) is 0 Å². The van der Waals surface area contributed by atoms with Gasteiger partial charge in [0, 0.05) is 45.9 Å². The first-order chi connectivity index (χ1) is 10.8. The Morgan fingerprint density at radius 2 is 1.82 bits per heavy atom. The number of hydrogen-bond acceptors (Lipinski definition) is 3. The smallest absolute Gasteiger partial charge is 0.169 e. The zero-order valence-electron chi connectivity index (χ0n) is 13.3. The second-order valence-corrected chi connectivity index (χ2v) is 6.47. The van der Waals surface area contributed by atoms with E-state index in [0.29, 0.717) is 12.6 Å². The van der Waals surface area contributed by atoms with Gasteiger partial charge >= 0.3 is 0 Å². The van der Waals surface area contributed by atoms with E-state index >= 15 is 0 Å². The van der Waals surface area contributed by atoms with E-state index < -0.39 is 0 Å². The molecule has 120 valence electrons. The maximum absolute atomic E-state index is 5.46. The van der Waals surface area contributed by atoms with Gasteiger partial charge in [0.05, 0.1) is 6.61 Å². The van der Waals surface area contributed by atoms with Crippen LogP contribution in [0.4, 0.5) is 0 Å². The summed E-state index contributed by atoms with van der Waals surface area (Å²) < 4.78 is 5.05. The van der Waals surface area contributed by atoms with Gasteiger partial charge in [-0.15, -0.1) is 0 Å². The molecule has 0 bridgehead atoms. The predicted octanol–water partition coefficient (Wildman–Crippen LogP) is 1.29. The number of thiocarbonyl (C=S) groups is 1. The van der Waals surface area contributed by atoms with Gasteiger partial charge in [0.15, 0.2) is 5.11 Å². The van der Waals surface area contributed by atoms with E-state index in [4.69, 9.17) is 17.0 Å². The van der Waals surface area contributed by atoms with Crippen molar-refractivity contribution in [3.8, 4) is 0 Å². The Morgan fingerprint density at radius 3 is 2.41 bits per heavy atom. The van der Waals surface area contributed by atoms with Crippen LogP contribution in [0, 0.1) is 0 Å². The third kappa shape index (κ3) is 3.59. The highest BCUT2D eigenvalue weighted by atomic mass is 32.1. The van der Waals surface area contributed by atoms with Gasteiger partial charge in [-0.1, -0.05) is 24.3 Å². The van der Waals surface area contributed by atoms with Crippen molar-refractivity contribution in [2.75, 3.05) is 46.4 Å². The molecule has 3 rings (SSSR count). The van der Waals surface area contributed by atoms with Gasteiger partial charge in [-0.3, -0.25) is 4.90 Å². The van der Waals surface area contributed by atoms with Crippen LogP contribution in [0.5, 0.6) is 0 Å². The summed E-state index contributed by atoms with van der Waals surface area (Å²) >= 11 is 5.46. The zero-order valence-corrected chi connectivity index (χ0v) is 14.1. The number of ether oxygens (including phenoxy) is 1. The highest BCUT2D eigenvalue weighted by Gasteiger charge is 2.29. The van der Waals surface area contributed by atoms with Crippen molar-refractivity contribution in [3.05, 3.63) is 35.4 Å². The molecule has 0 saturated carbocycles. The summed E-state index contributed by atoms with van der Waals surface area (Å²) in [6.45, 7) is 5.72. The molecule has 1 aromatic rings. The van der Waals surface area contributed by atoms with Gasteiger partial charge in [0.1, 0.15) is 0 Å². The molecule has 1 aliphatic heterocycles. The number of benzene rings is 1. The molecule has 1 N–H and O–H groups in total. The molecule has 0 amide bonds. The molecule has 1 heterocycles. The number of piperazine rings is 1. The van der Waals surface area contributed by atoms with Gasteiger partial charge in [-0.2, -0.15) is 0 Å². The van der Waals surface area contributed by atoms with Gasteiger partial charge in [0.25, 0.3) is 0 Å². The monoisotopic (exact) mass is 319 g/mol. The van der Waals surface area contributed by atoms with Crippen LogP contribution < -0.4 is 5.32 Å². The lowest BCUT2D eigenvalue weighted by molar-refractivity contribution is 0.134. The molecule has 1 aromatic carbocycles. The van der Waals surface area contributed by atoms with Crippen LogP contribution in [0.2, 0.25) is 0 Å². The fourth-order valence-electron chi connectivity index (χ4n) is 3.46. The number of nitrogens with zero attached hydrogens (tertiary/aromatic N) is 2. The fraction of sp³-hybridized carbons (Fsp3) is 0.588. The molecule has 4 nitrogen and oxygen atoms in total. The standard InChI is InChI=1S/C17H25N3OS/c1-21-11-6-18-17(22)20-9-7-19(8-10-20)16-12-14-4-2-3-5-15(14)13-16/h2-5,16H,6-13H2,1H3,(H,18,22). The average Bonchev–Trinajstić information content (AvgIpc) is 2.99. The Bertz CT molecular complexity index is 489. The van der Waals surface area contributed by atoms with Crippen molar-refractivity contribution >= 4 is 17.3 Å². The lowest BCUT2D eigenvalue weighted by atomic mass is 10.1. The molecular weight excluding hydrogens is 294 g/mol. The van der Waals surface area contributed by atoms with Crippen molar-refractivity contribution in [1.82, 2.24) is 15.1 Å². The molecule has 22 heavy (non-hydrogen) atoms. The van der Waals surface area contributed by atoms with Crippen LogP contribution in [0.1, 0.15) is 11.1 Å². The van der Waals surface area contributed by atoms with E-state index in [9.17, 15) is 0 Å². The van der Waals surface area contributed by atoms with E-state index in [-0.39, 0.29) is 0 Å². The highest BCUT2D eigenvalue weighted by molar-refractivity contribution is 7.80. The molecule has 1 aliphatic carbocycles. The van der Waals surface area contributed by atoms with Crippen molar-refractivity contribution in [3.63, 3.8) is 0 Å². The summed E-state index contributed by atoms with van der Waals surface area (Å²) in [5, 5.41) is 4.13. The van der Waals surface area contributed by atoms with E-state index in [2.05, 4.69) is 39.4 Å². The lowest BCUT2D eigenvalue weighted by Gasteiger charge is -2.39. The normalized spacial score (nSPS) is 19.2. The van der Waals surface area contributed by atoms with Crippen LogP contribution in [0.25, 0.3) is 0 Å². The first-order valence-electron chi connectivity index (χ1n) is 8.10. The minimum Gasteiger partial charge on any atom is -0.383 e. The average molecular weight is 319 g/mol. The molecule has 2 aliphatic rings. The minimum atomic E-state index is 0.676. The third-order valence-electron chi connectivity index (χ3n) is 4.73. The Hall–Kier alpha value is -1.17. The zero-order chi connectivity index (χ0) is 15.4. The van der Waals surface area contributed by atoms with Gasteiger partial charge in [0.2, 0.25) is 0 Å². The molecule has 0 radical (unpaired) electrons. The van der Waals surface area contributed by atoms with Crippen LogP contribution in [0.3, 0.4) is 0 Å². The predicted molar refractivity (Wildman–Crippen MR) is 93.3 cm³/mol. The Kier molecular flexibility index (Phi) is 5.28.